The average molecular weight is 416 g/mol. The lowest BCUT2D eigenvalue weighted by atomic mass is 10.0. The van der Waals surface area contributed by atoms with Crippen molar-refractivity contribution < 1.29 is 8.81 Å². The Hall–Kier alpha value is -4.08. The van der Waals surface area contributed by atoms with Crippen molar-refractivity contribution in [3.05, 3.63) is 77.6 Å². The van der Waals surface area contributed by atoms with Crippen LogP contribution < -0.4 is 4.90 Å². The SMILES string of the molecule is Cc1ncccc1-c1nnc(N2CCc3[nH]cnc3[C@H]2c2cc3c(F)cccn3n2)o1. The lowest BCUT2D eigenvalue weighted by molar-refractivity contribution is 0.503. The van der Waals surface area contributed by atoms with Crippen molar-refractivity contribution in [1.82, 2.24) is 34.8 Å². The molecule has 6 rings (SSSR count). The van der Waals surface area contributed by atoms with Gasteiger partial charge in [0.15, 0.2) is 0 Å². The molecule has 6 heterocycles. The molecule has 1 N–H and O–H groups in total. The summed E-state index contributed by atoms with van der Waals surface area (Å²) in [5, 5.41) is 13.1. The van der Waals surface area contributed by atoms with Crippen LogP contribution in [0.15, 0.2) is 53.5 Å². The molecule has 9 nitrogen and oxygen atoms in total. The number of fused-ring (bicyclic) bond motifs is 2. The van der Waals surface area contributed by atoms with Crippen LogP contribution in [0.25, 0.3) is 17.0 Å². The third-order valence-electron chi connectivity index (χ3n) is 5.57. The minimum Gasteiger partial charge on any atom is -0.403 e. The van der Waals surface area contributed by atoms with Gasteiger partial charge in [-0.05, 0) is 37.3 Å². The summed E-state index contributed by atoms with van der Waals surface area (Å²) in [7, 11) is 0. The zero-order valence-corrected chi connectivity index (χ0v) is 16.5. The highest BCUT2D eigenvalue weighted by molar-refractivity contribution is 5.57. The predicted octanol–water partition coefficient (Wildman–Crippen LogP) is 3.10. The number of nitrogens with one attached hydrogen (secondary N) is 1. The number of hydrogen-bond acceptors (Lipinski definition) is 7. The first-order valence-corrected chi connectivity index (χ1v) is 9.87. The van der Waals surface area contributed by atoms with E-state index in [2.05, 4.69) is 30.2 Å². The molecule has 0 fully saturated rings. The van der Waals surface area contributed by atoms with E-state index < -0.39 is 6.04 Å². The van der Waals surface area contributed by atoms with Crippen molar-refractivity contribution in [3.63, 3.8) is 0 Å². The first-order chi connectivity index (χ1) is 15.2. The summed E-state index contributed by atoms with van der Waals surface area (Å²) in [5.74, 6) is 0.0613. The summed E-state index contributed by atoms with van der Waals surface area (Å²) in [6, 6.07) is 8.46. The Morgan fingerprint density at radius 3 is 3.00 bits per heavy atom. The fourth-order valence-electron chi connectivity index (χ4n) is 4.07. The zero-order chi connectivity index (χ0) is 20.9. The summed E-state index contributed by atoms with van der Waals surface area (Å²) in [6.07, 6.45) is 5.84. The van der Waals surface area contributed by atoms with Crippen LogP contribution in [0.2, 0.25) is 0 Å². The molecule has 0 spiro atoms. The fourth-order valence-corrected chi connectivity index (χ4v) is 4.07. The number of hydrogen-bond donors (Lipinski definition) is 1. The van der Waals surface area contributed by atoms with E-state index in [0.29, 0.717) is 29.7 Å². The fraction of sp³-hybridized carbons (Fsp3) is 0.190. The number of rotatable bonds is 3. The second-order valence-corrected chi connectivity index (χ2v) is 7.39. The van der Waals surface area contributed by atoms with Gasteiger partial charge < -0.3 is 14.3 Å². The third kappa shape index (κ3) is 2.79. The molecule has 5 aromatic heterocycles. The second kappa shape index (κ2) is 6.73. The molecule has 1 aliphatic heterocycles. The van der Waals surface area contributed by atoms with Gasteiger partial charge in [0.05, 0.1) is 23.3 Å². The van der Waals surface area contributed by atoms with Gasteiger partial charge in [-0.25, -0.2) is 13.9 Å². The number of aromatic nitrogens is 7. The number of H-pyrrole nitrogens is 1. The van der Waals surface area contributed by atoms with Crippen molar-refractivity contribution in [2.24, 2.45) is 0 Å². The molecule has 10 heteroatoms. The van der Waals surface area contributed by atoms with Crippen LogP contribution in [0.3, 0.4) is 0 Å². The van der Waals surface area contributed by atoms with E-state index in [1.54, 1.807) is 30.9 Å². The van der Waals surface area contributed by atoms with Gasteiger partial charge in [0, 0.05) is 36.7 Å². The Balaban J connectivity index is 1.46. The highest BCUT2D eigenvalue weighted by Crippen LogP contribution is 2.37. The normalized spacial score (nSPS) is 16.1. The van der Waals surface area contributed by atoms with Gasteiger partial charge in [-0.15, -0.1) is 5.10 Å². The van der Waals surface area contributed by atoms with Crippen LogP contribution in [0.4, 0.5) is 10.4 Å². The maximum Gasteiger partial charge on any atom is 0.319 e. The summed E-state index contributed by atoms with van der Waals surface area (Å²) in [6.45, 7) is 2.51. The van der Waals surface area contributed by atoms with Gasteiger partial charge in [-0.3, -0.25) is 4.98 Å². The van der Waals surface area contributed by atoms with E-state index in [1.165, 1.54) is 10.6 Å². The molecule has 0 bridgehead atoms. The topological polar surface area (TPSA) is 101 Å². The molecule has 0 saturated carbocycles. The van der Waals surface area contributed by atoms with Gasteiger partial charge in [-0.2, -0.15) is 5.10 Å². The predicted molar refractivity (Wildman–Crippen MR) is 109 cm³/mol. The van der Waals surface area contributed by atoms with Crippen LogP contribution in [0, 0.1) is 12.7 Å². The molecule has 0 unspecified atom stereocenters. The number of aromatic amines is 1. The Morgan fingerprint density at radius 2 is 2.13 bits per heavy atom. The van der Waals surface area contributed by atoms with Crippen molar-refractivity contribution >= 4 is 11.5 Å². The van der Waals surface area contributed by atoms with Gasteiger partial charge >= 0.3 is 6.01 Å². The molecule has 5 aromatic rings. The van der Waals surface area contributed by atoms with Crippen molar-refractivity contribution in [3.8, 4) is 11.5 Å². The lowest BCUT2D eigenvalue weighted by Gasteiger charge is -2.32. The monoisotopic (exact) mass is 416 g/mol. The molecule has 154 valence electrons. The van der Waals surface area contributed by atoms with E-state index >= 15 is 0 Å². The maximum absolute atomic E-state index is 14.3. The van der Waals surface area contributed by atoms with Crippen LogP contribution in [0.5, 0.6) is 0 Å². The minimum absolute atomic E-state index is 0.335. The van der Waals surface area contributed by atoms with Gasteiger partial charge in [0.25, 0.3) is 5.89 Å². The minimum atomic E-state index is -0.391. The first-order valence-electron chi connectivity index (χ1n) is 9.87. The van der Waals surface area contributed by atoms with Crippen LogP contribution in [0.1, 0.15) is 28.8 Å². The number of halogens is 1. The van der Waals surface area contributed by atoms with Gasteiger partial charge in [0.2, 0.25) is 0 Å². The molecule has 0 radical (unpaired) electrons. The molecule has 0 amide bonds. The van der Waals surface area contributed by atoms with Crippen LogP contribution in [-0.4, -0.2) is 41.3 Å². The van der Waals surface area contributed by atoms with E-state index in [9.17, 15) is 4.39 Å². The van der Waals surface area contributed by atoms with Gasteiger partial charge in [0.1, 0.15) is 17.4 Å². The molecular weight excluding hydrogens is 399 g/mol. The van der Waals surface area contributed by atoms with E-state index in [1.807, 2.05) is 24.0 Å². The molecule has 31 heavy (non-hydrogen) atoms. The number of anilines is 1. The van der Waals surface area contributed by atoms with E-state index in [0.717, 1.165) is 29.1 Å². The number of pyridine rings is 2. The van der Waals surface area contributed by atoms with Crippen molar-refractivity contribution in [1.29, 1.82) is 0 Å². The number of aryl methyl sites for hydroxylation is 1. The molecule has 1 aliphatic rings. The summed E-state index contributed by atoms with van der Waals surface area (Å²) in [4.78, 5) is 14.0. The van der Waals surface area contributed by atoms with Crippen molar-refractivity contribution in [2.75, 3.05) is 11.4 Å². The first kappa shape index (κ1) is 17.8. The Labute approximate surface area is 175 Å². The molecule has 0 saturated heterocycles. The van der Waals surface area contributed by atoms with Crippen LogP contribution >= 0.6 is 0 Å². The smallest absolute Gasteiger partial charge is 0.319 e. The number of nitrogens with zero attached hydrogens (tertiary/aromatic N) is 7. The van der Waals surface area contributed by atoms with Gasteiger partial charge in [-0.1, -0.05) is 5.10 Å². The quantitative estimate of drug-likeness (QED) is 0.482. The third-order valence-corrected chi connectivity index (χ3v) is 5.57. The lowest BCUT2D eigenvalue weighted by Crippen LogP contribution is -2.36. The molecule has 0 aromatic carbocycles. The summed E-state index contributed by atoms with van der Waals surface area (Å²) >= 11 is 0. The standard InChI is InChI=1S/C21H17FN8O/c1-12-13(4-2-7-23-12)20-26-27-21(31-20)29-9-6-15-18(25-11-24-15)19(29)16-10-17-14(22)5-3-8-30(17)28-16/h2-5,7-8,10-11,19H,6,9H2,1H3,(H,24,25)/t19-/m1/s1. The largest absolute Gasteiger partial charge is 0.403 e. The van der Waals surface area contributed by atoms with E-state index in [4.69, 9.17) is 4.42 Å². The number of imidazole rings is 1. The molecule has 0 aliphatic carbocycles. The Kier molecular flexibility index (Phi) is 3.85. The van der Waals surface area contributed by atoms with Crippen molar-refractivity contribution in [2.45, 2.75) is 19.4 Å². The Bertz CT molecular complexity index is 1400. The highest BCUT2D eigenvalue weighted by atomic mass is 19.1. The summed E-state index contributed by atoms with van der Waals surface area (Å²) < 4.78 is 21.9. The molecule has 1 atom stereocenters. The van der Waals surface area contributed by atoms with E-state index in [-0.39, 0.29) is 5.82 Å². The second-order valence-electron chi connectivity index (χ2n) is 7.39. The Morgan fingerprint density at radius 1 is 1.19 bits per heavy atom. The zero-order valence-electron chi connectivity index (χ0n) is 16.5. The average Bonchev–Trinajstić information content (AvgIpc) is 3.52. The van der Waals surface area contributed by atoms with Crippen LogP contribution in [-0.2, 0) is 6.42 Å². The maximum atomic E-state index is 14.3. The summed E-state index contributed by atoms with van der Waals surface area (Å²) in [5.41, 5.74) is 4.46. The molecular formula is C21H17FN8O. The highest BCUT2D eigenvalue weighted by Gasteiger charge is 2.36.